The molecule has 1 aliphatic rings. The largest absolute Gasteiger partial charge is 0.392 e. The monoisotopic (exact) mass is 267 g/mol. The van der Waals surface area contributed by atoms with Crippen molar-refractivity contribution in [3.05, 3.63) is 17.0 Å². The second-order valence-corrected chi connectivity index (χ2v) is 5.32. The van der Waals surface area contributed by atoms with Crippen LogP contribution in [0.15, 0.2) is 4.52 Å². The smallest absolute Gasteiger partial charge is 0.233 e. The second-order valence-electron chi connectivity index (χ2n) is 4.88. The van der Waals surface area contributed by atoms with Crippen molar-refractivity contribution in [1.82, 2.24) is 10.5 Å². The summed E-state index contributed by atoms with van der Waals surface area (Å²) >= 11 is 4.96. The minimum absolute atomic E-state index is 0.0949. The lowest BCUT2D eigenvalue weighted by molar-refractivity contribution is -0.124. The molecule has 1 amide bonds. The van der Waals surface area contributed by atoms with E-state index < -0.39 is 5.41 Å². The predicted octanol–water partition coefficient (Wildman–Crippen LogP) is 1.53. The molecule has 1 heterocycles. The van der Waals surface area contributed by atoms with Crippen LogP contribution < -0.4 is 11.1 Å². The SMILES string of the molecule is Cc1noc(C)c1C(C)NC(=O)C1(C(N)=S)CC1. The lowest BCUT2D eigenvalue weighted by Gasteiger charge is -2.18. The number of rotatable bonds is 4. The van der Waals surface area contributed by atoms with Gasteiger partial charge in [0.2, 0.25) is 5.91 Å². The maximum atomic E-state index is 12.2. The zero-order valence-electron chi connectivity index (χ0n) is 10.7. The number of carbonyl (C=O) groups excluding carboxylic acids is 1. The number of nitrogens with zero attached hydrogens (tertiary/aromatic N) is 1. The zero-order valence-corrected chi connectivity index (χ0v) is 11.6. The Morgan fingerprint density at radius 3 is 2.56 bits per heavy atom. The molecule has 3 N–H and O–H groups in total. The van der Waals surface area contributed by atoms with Crippen molar-refractivity contribution in [3.8, 4) is 0 Å². The van der Waals surface area contributed by atoms with Crippen LogP contribution in [0.25, 0.3) is 0 Å². The average Bonchev–Trinajstić information content (AvgIpc) is 3.02. The third kappa shape index (κ3) is 2.01. The minimum atomic E-state index is -0.622. The molecular formula is C12H17N3O2S. The van der Waals surface area contributed by atoms with Crippen molar-refractivity contribution in [2.75, 3.05) is 0 Å². The summed E-state index contributed by atoms with van der Waals surface area (Å²) in [6.07, 6.45) is 1.48. The highest BCUT2D eigenvalue weighted by Crippen LogP contribution is 2.46. The normalized spacial score (nSPS) is 18.2. The fourth-order valence-corrected chi connectivity index (χ4v) is 2.52. The van der Waals surface area contributed by atoms with Gasteiger partial charge in [0.05, 0.1) is 22.1 Å². The molecule has 1 saturated carbocycles. The molecule has 0 aromatic carbocycles. The summed E-state index contributed by atoms with van der Waals surface area (Å²) in [6.45, 7) is 5.59. The molecule has 0 radical (unpaired) electrons. The van der Waals surface area contributed by atoms with Crippen molar-refractivity contribution >= 4 is 23.1 Å². The summed E-state index contributed by atoms with van der Waals surface area (Å²) in [5.41, 5.74) is 6.72. The Labute approximate surface area is 111 Å². The highest BCUT2D eigenvalue weighted by atomic mass is 32.1. The molecule has 0 spiro atoms. The van der Waals surface area contributed by atoms with E-state index in [4.69, 9.17) is 22.5 Å². The first kappa shape index (κ1) is 13.0. The number of nitrogens with one attached hydrogen (secondary N) is 1. The van der Waals surface area contributed by atoms with Crippen LogP contribution in [0.4, 0.5) is 0 Å². The first-order valence-electron chi connectivity index (χ1n) is 5.92. The maximum Gasteiger partial charge on any atom is 0.233 e. The van der Waals surface area contributed by atoms with Crippen molar-refractivity contribution in [3.63, 3.8) is 0 Å². The second kappa shape index (κ2) is 4.35. The molecule has 1 aliphatic carbocycles. The Kier molecular flexibility index (Phi) is 3.14. The van der Waals surface area contributed by atoms with E-state index in [1.807, 2.05) is 20.8 Å². The highest BCUT2D eigenvalue weighted by Gasteiger charge is 2.53. The van der Waals surface area contributed by atoms with Gasteiger partial charge in [-0.2, -0.15) is 0 Å². The fourth-order valence-electron chi connectivity index (χ4n) is 2.23. The van der Waals surface area contributed by atoms with Gasteiger partial charge in [-0.15, -0.1) is 0 Å². The van der Waals surface area contributed by atoms with Crippen LogP contribution in [0.2, 0.25) is 0 Å². The van der Waals surface area contributed by atoms with Crippen molar-refractivity contribution in [1.29, 1.82) is 0 Å². The third-order valence-corrected chi connectivity index (χ3v) is 3.92. The van der Waals surface area contributed by atoms with E-state index in [2.05, 4.69) is 10.5 Å². The van der Waals surface area contributed by atoms with E-state index in [-0.39, 0.29) is 16.9 Å². The van der Waals surface area contributed by atoms with E-state index in [0.717, 1.165) is 29.9 Å². The van der Waals surface area contributed by atoms with Gasteiger partial charge >= 0.3 is 0 Å². The van der Waals surface area contributed by atoms with Crippen LogP contribution in [0.3, 0.4) is 0 Å². The average molecular weight is 267 g/mol. The Morgan fingerprint density at radius 2 is 2.17 bits per heavy atom. The molecule has 98 valence electrons. The van der Waals surface area contributed by atoms with Gasteiger partial charge < -0.3 is 15.6 Å². The lowest BCUT2D eigenvalue weighted by atomic mass is 10.0. The lowest BCUT2D eigenvalue weighted by Crippen LogP contribution is -2.40. The van der Waals surface area contributed by atoms with E-state index in [9.17, 15) is 4.79 Å². The third-order valence-electron chi connectivity index (χ3n) is 3.53. The van der Waals surface area contributed by atoms with E-state index in [0.29, 0.717) is 0 Å². The summed E-state index contributed by atoms with van der Waals surface area (Å²) in [5, 5.41) is 6.82. The molecule has 0 bridgehead atoms. The number of hydrogen-bond acceptors (Lipinski definition) is 4. The maximum absolute atomic E-state index is 12.2. The molecule has 18 heavy (non-hydrogen) atoms. The highest BCUT2D eigenvalue weighted by molar-refractivity contribution is 7.80. The van der Waals surface area contributed by atoms with E-state index in [1.54, 1.807) is 0 Å². The van der Waals surface area contributed by atoms with Gasteiger partial charge in [0.15, 0.2) is 0 Å². The Hall–Kier alpha value is -1.43. The standard InChI is InChI=1S/C12H17N3O2S/c1-6(9-7(2)15-17-8(9)3)14-11(16)12(4-5-12)10(13)18/h6H,4-5H2,1-3H3,(H2,13,18)(H,14,16). The number of carbonyl (C=O) groups is 1. The van der Waals surface area contributed by atoms with Crippen LogP contribution >= 0.6 is 12.2 Å². The summed E-state index contributed by atoms with van der Waals surface area (Å²) in [5.74, 6) is 0.628. The molecule has 2 rings (SSSR count). The summed E-state index contributed by atoms with van der Waals surface area (Å²) in [7, 11) is 0. The topological polar surface area (TPSA) is 81.2 Å². The van der Waals surface area contributed by atoms with Crippen LogP contribution in [0.1, 0.15) is 42.8 Å². The Bertz CT molecular complexity index is 486. The Morgan fingerprint density at radius 1 is 1.56 bits per heavy atom. The van der Waals surface area contributed by atoms with Crippen LogP contribution in [0, 0.1) is 19.3 Å². The number of aromatic nitrogens is 1. The molecule has 1 atom stereocenters. The van der Waals surface area contributed by atoms with Gasteiger partial charge in [-0.05, 0) is 33.6 Å². The van der Waals surface area contributed by atoms with Gasteiger partial charge in [0, 0.05) is 5.56 Å². The van der Waals surface area contributed by atoms with Crippen LogP contribution in [0.5, 0.6) is 0 Å². The van der Waals surface area contributed by atoms with E-state index >= 15 is 0 Å². The van der Waals surface area contributed by atoms with Gasteiger partial charge in [-0.25, -0.2) is 0 Å². The Balaban J connectivity index is 2.11. The van der Waals surface area contributed by atoms with Crippen LogP contribution in [-0.4, -0.2) is 16.1 Å². The fraction of sp³-hybridized carbons (Fsp3) is 0.583. The molecule has 5 nitrogen and oxygen atoms in total. The molecule has 6 heteroatoms. The molecule has 1 unspecified atom stereocenters. The number of hydrogen-bond donors (Lipinski definition) is 2. The summed E-state index contributed by atoms with van der Waals surface area (Å²) in [4.78, 5) is 12.5. The molecular weight excluding hydrogens is 250 g/mol. The molecule has 0 saturated heterocycles. The number of nitrogens with two attached hydrogens (primary N) is 1. The number of thiocarbonyl (C=S) groups is 1. The van der Waals surface area contributed by atoms with Crippen molar-refractivity contribution < 1.29 is 9.32 Å². The zero-order chi connectivity index (χ0) is 13.5. The van der Waals surface area contributed by atoms with Gasteiger partial charge in [0.1, 0.15) is 5.76 Å². The van der Waals surface area contributed by atoms with E-state index in [1.165, 1.54) is 0 Å². The first-order chi connectivity index (χ1) is 8.38. The van der Waals surface area contributed by atoms with Crippen molar-refractivity contribution in [2.24, 2.45) is 11.1 Å². The quantitative estimate of drug-likeness (QED) is 0.809. The van der Waals surface area contributed by atoms with Gasteiger partial charge in [-0.1, -0.05) is 17.4 Å². The molecule has 1 fully saturated rings. The van der Waals surface area contributed by atoms with Gasteiger partial charge in [-0.3, -0.25) is 4.79 Å². The number of amides is 1. The number of aryl methyl sites for hydroxylation is 2. The summed E-state index contributed by atoms with van der Waals surface area (Å²) < 4.78 is 5.09. The molecule has 0 aliphatic heterocycles. The molecule has 1 aromatic rings. The molecule has 1 aromatic heterocycles. The van der Waals surface area contributed by atoms with Crippen LogP contribution in [-0.2, 0) is 4.79 Å². The van der Waals surface area contributed by atoms with Gasteiger partial charge in [0.25, 0.3) is 0 Å². The van der Waals surface area contributed by atoms with Crippen molar-refractivity contribution in [2.45, 2.75) is 39.7 Å². The minimum Gasteiger partial charge on any atom is -0.392 e. The summed E-state index contributed by atoms with van der Waals surface area (Å²) in [6, 6.07) is -0.157. The predicted molar refractivity (Wildman–Crippen MR) is 71.0 cm³/mol. The first-order valence-corrected chi connectivity index (χ1v) is 6.33.